The third-order valence-electron chi connectivity index (χ3n) is 1.68. The standard InChI is InChI=1S/C5H8O4/c6-3-4-2(9-4)1-8-5(3)7/h2-7H,1H2/t2-,3-,4+,5?/m1/s1. The van der Waals surface area contributed by atoms with E-state index in [9.17, 15) is 0 Å². The molecule has 0 bridgehead atoms. The van der Waals surface area contributed by atoms with Crippen molar-refractivity contribution < 1.29 is 19.7 Å². The summed E-state index contributed by atoms with van der Waals surface area (Å²) >= 11 is 0. The van der Waals surface area contributed by atoms with Gasteiger partial charge in [-0.2, -0.15) is 0 Å². The van der Waals surface area contributed by atoms with Gasteiger partial charge in [-0.25, -0.2) is 0 Å². The fourth-order valence-corrected chi connectivity index (χ4v) is 1.05. The Hall–Kier alpha value is -0.160. The van der Waals surface area contributed by atoms with Crippen molar-refractivity contribution in [1.29, 1.82) is 0 Å². The Morgan fingerprint density at radius 2 is 2.11 bits per heavy atom. The van der Waals surface area contributed by atoms with Gasteiger partial charge in [0.2, 0.25) is 0 Å². The summed E-state index contributed by atoms with van der Waals surface area (Å²) in [5.74, 6) is 0. The van der Waals surface area contributed by atoms with Gasteiger partial charge in [-0.3, -0.25) is 0 Å². The molecule has 2 saturated heterocycles. The van der Waals surface area contributed by atoms with E-state index in [0.717, 1.165) is 0 Å². The molecule has 4 nitrogen and oxygen atoms in total. The Kier molecular flexibility index (Phi) is 1.04. The first-order valence-electron chi connectivity index (χ1n) is 2.92. The van der Waals surface area contributed by atoms with Gasteiger partial charge < -0.3 is 19.7 Å². The largest absolute Gasteiger partial charge is 0.385 e. The molecule has 0 aromatic heterocycles. The highest BCUT2D eigenvalue weighted by atomic mass is 16.7. The maximum Gasteiger partial charge on any atom is 0.183 e. The lowest BCUT2D eigenvalue weighted by molar-refractivity contribution is -0.175. The summed E-state index contributed by atoms with van der Waals surface area (Å²) in [6.07, 6.45) is -2.03. The van der Waals surface area contributed by atoms with E-state index in [1.54, 1.807) is 0 Å². The molecule has 2 aliphatic heterocycles. The lowest BCUT2D eigenvalue weighted by atomic mass is 10.1. The molecule has 2 aliphatic rings. The molecular formula is C5H8O4. The van der Waals surface area contributed by atoms with Crippen LogP contribution >= 0.6 is 0 Å². The maximum atomic E-state index is 8.99. The average Bonchev–Trinajstić information content (AvgIpc) is 2.58. The van der Waals surface area contributed by atoms with E-state index in [4.69, 9.17) is 19.7 Å². The Morgan fingerprint density at radius 3 is 2.78 bits per heavy atom. The quantitative estimate of drug-likeness (QED) is 0.392. The Bertz CT molecular complexity index is 124. The van der Waals surface area contributed by atoms with E-state index in [1.807, 2.05) is 0 Å². The van der Waals surface area contributed by atoms with Crippen molar-refractivity contribution in [2.24, 2.45) is 0 Å². The smallest absolute Gasteiger partial charge is 0.183 e. The number of aliphatic hydroxyl groups excluding tert-OH is 2. The molecule has 0 amide bonds. The van der Waals surface area contributed by atoms with Gasteiger partial charge in [-0.1, -0.05) is 0 Å². The lowest BCUT2D eigenvalue weighted by Gasteiger charge is -2.19. The molecule has 52 valence electrons. The second-order valence-electron chi connectivity index (χ2n) is 2.35. The van der Waals surface area contributed by atoms with Crippen LogP contribution in [0, 0.1) is 0 Å². The third-order valence-corrected chi connectivity index (χ3v) is 1.68. The molecule has 2 N–H and O–H groups in total. The number of fused-ring (bicyclic) bond motifs is 1. The molecule has 0 spiro atoms. The zero-order valence-electron chi connectivity index (χ0n) is 4.73. The number of hydrogen-bond donors (Lipinski definition) is 2. The van der Waals surface area contributed by atoms with Gasteiger partial charge in [-0.15, -0.1) is 0 Å². The molecule has 0 aliphatic carbocycles. The van der Waals surface area contributed by atoms with Crippen molar-refractivity contribution in [1.82, 2.24) is 0 Å². The monoisotopic (exact) mass is 132 g/mol. The summed E-state index contributed by atoms with van der Waals surface area (Å²) in [5, 5.41) is 17.8. The van der Waals surface area contributed by atoms with Gasteiger partial charge in [0.25, 0.3) is 0 Å². The van der Waals surface area contributed by atoms with Crippen LogP contribution in [0.2, 0.25) is 0 Å². The van der Waals surface area contributed by atoms with Crippen molar-refractivity contribution in [3.8, 4) is 0 Å². The Labute approximate surface area is 52.0 Å². The predicted molar refractivity (Wildman–Crippen MR) is 26.6 cm³/mol. The second kappa shape index (κ2) is 1.67. The van der Waals surface area contributed by atoms with Crippen LogP contribution in [0.25, 0.3) is 0 Å². The number of aliphatic hydroxyl groups is 2. The molecule has 4 heteroatoms. The number of hydrogen-bond acceptors (Lipinski definition) is 4. The molecule has 4 atom stereocenters. The first-order chi connectivity index (χ1) is 4.29. The third kappa shape index (κ3) is 0.753. The van der Waals surface area contributed by atoms with Gasteiger partial charge in [0.05, 0.1) is 6.61 Å². The fourth-order valence-electron chi connectivity index (χ4n) is 1.05. The first kappa shape index (κ1) is 5.61. The van der Waals surface area contributed by atoms with Crippen molar-refractivity contribution in [3.63, 3.8) is 0 Å². The van der Waals surface area contributed by atoms with Gasteiger partial charge in [0.15, 0.2) is 6.29 Å². The number of epoxide rings is 1. The fraction of sp³-hybridized carbons (Fsp3) is 1.00. The predicted octanol–water partition coefficient (Wildman–Crippen LogP) is -1.54. The molecule has 0 aromatic rings. The summed E-state index contributed by atoms with van der Waals surface area (Å²) in [4.78, 5) is 0. The van der Waals surface area contributed by atoms with Gasteiger partial charge >= 0.3 is 0 Å². The van der Waals surface area contributed by atoms with E-state index < -0.39 is 12.4 Å². The molecule has 1 unspecified atom stereocenters. The highest BCUT2D eigenvalue weighted by Crippen LogP contribution is 2.31. The van der Waals surface area contributed by atoms with Crippen molar-refractivity contribution in [2.75, 3.05) is 6.61 Å². The average molecular weight is 132 g/mol. The van der Waals surface area contributed by atoms with Crippen LogP contribution in [0.15, 0.2) is 0 Å². The number of ether oxygens (including phenoxy) is 2. The van der Waals surface area contributed by atoms with Crippen molar-refractivity contribution >= 4 is 0 Å². The van der Waals surface area contributed by atoms with E-state index in [1.165, 1.54) is 0 Å². The molecule has 2 fully saturated rings. The number of rotatable bonds is 0. The van der Waals surface area contributed by atoms with Crippen molar-refractivity contribution in [2.45, 2.75) is 24.6 Å². The molecule has 2 heterocycles. The van der Waals surface area contributed by atoms with Crippen LogP contribution in [-0.4, -0.2) is 41.4 Å². The SMILES string of the molecule is OC1OC[C@H]2O[C@@H]2[C@H]1O. The minimum Gasteiger partial charge on any atom is -0.385 e. The van der Waals surface area contributed by atoms with Crippen molar-refractivity contribution in [3.05, 3.63) is 0 Å². The van der Waals surface area contributed by atoms with E-state index in [0.29, 0.717) is 6.61 Å². The lowest BCUT2D eigenvalue weighted by Crippen LogP contribution is -2.39. The highest BCUT2D eigenvalue weighted by Gasteiger charge is 2.51. The van der Waals surface area contributed by atoms with E-state index >= 15 is 0 Å². The van der Waals surface area contributed by atoms with E-state index in [2.05, 4.69) is 0 Å². The molecule has 0 radical (unpaired) electrons. The molecule has 0 saturated carbocycles. The molecular weight excluding hydrogens is 124 g/mol. The minimum absolute atomic E-state index is 0.0309. The van der Waals surface area contributed by atoms with Gasteiger partial charge in [-0.05, 0) is 0 Å². The summed E-state index contributed by atoms with van der Waals surface area (Å²) in [6, 6.07) is 0. The van der Waals surface area contributed by atoms with E-state index in [-0.39, 0.29) is 12.2 Å². The Morgan fingerprint density at radius 1 is 1.33 bits per heavy atom. The van der Waals surface area contributed by atoms with Crippen LogP contribution in [-0.2, 0) is 9.47 Å². The zero-order valence-corrected chi connectivity index (χ0v) is 4.73. The van der Waals surface area contributed by atoms with Crippen LogP contribution in [0.3, 0.4) is 0 Å². The summed E-state index contributed by atoms with van der Waals surface area (Å²) < 4.78 is 9.65. The van der Waals surface area contributed by atoms with Crippen LogP contribution < -0.4 is 0 Å². The maximum absolute atomic E-state index is 8.99. The van der Waals surface area contributed by atoms with Gasteiger partial charge in [0, 0.05) is 0 Å². The summed E-state index contributed by atoms with van der Waals surface area (Å²) in [5.41, 5.74) is 0. The normalized spacial score (nSPS) is 56.7. The molecule has 9 heavy (non-hydrogen) atoms. The molecule has 2 rings (SSSR count). The zero-order chi connectivity index (χ0) is 6.43. The van der Waals surface area contributed by atoms with Gasteiger partial charge in [0.1, 0.15) is 18.3 Å². The van der Waals surface area contributed by atoms with Crippen LogP contribution in [0.5, 0.6) is 0 Å². The summed E-state index contributed by atoms with van der Waals surface area (Å²) in [6.45, 7) is 0.406. The first-order valence-corrected chi connectivity index (χ1v) is 2.92. The minimum atomic E-state index is -1.05. The Balaban J connectivity index is 2.02. The highest BCUT2D eigenvalue weighted by molar-refractivity contribution is 4.95. The van der Waals surface area contributed by atoms with Crippen LogP contribution in [0.1, 0.15) is 0 Å². The topological polar surface area (TPSA) is 62.2 Å². The van der Waals surface area contributed by atoms with Crippen LogP contribution in [0.4, 0.5) is 0 Å². The summed E-state index contributed by atoms with van der Waals surface area (Å²) in [7, 11) is 0. The second-order valence-corrected chi connectivity index (χ2v) is 2.35. The molecule has 0 aromatic carbocycles.